The van der Waals surface area contributed by atoms with E-state index >= 15 is 0 Å². The SMILES string of the molecule is CC(=O)C(O)(CC(=O)OC(C)C)C(=O)OC(C)C. The zero-order valence-corrected chi connectivity index (χ0v) is 11.4. The van der Waals surface area contributed by atoms with E-state index < -0.39 is 42.0 Å². The molecular formula is C12H20O6. The average molecular weight is 260 g/mol. The summed E-state index contributed by atoms with van der Waals surface area (Å²) in [5, 5.41) is 9.96. The molecule has 0 heterocycles. The summed E-state index contributed by atoms with van der Waals surface area (Å²) in [4.78, 5) is 34.4. The van der Waals surface area contributed by atoms with Crippen molar-refractivity contribution < 1.29 is 29.0 Å². The second-order valence-corrected chi connectivity index (χ2v) is 4.59. The van der Waals surface area contributed by atoms with E-state index in [1.165, 1.54) is 0 Å². The van der Waals surface area contributed by atoms with Gasteiger partial charge in [-0.2, -0.15) is 0 Å². The van der Waals surface area contributed by atoms with Crippen molar-refractivity contribution >= 4 is 17.7 Å². The minimum atomic E-state index is -2.48. The molecule has 0 bridgehead atoms. The van der Waals surface area contributed by atoms with Gasteiger partial charge in [-0.05, 0) is 34.6 Å². The van der Waals surface area contributed by atoms with Gasteiger partial charge in [-0.25, -0.2) is 4.79 Å². The largest absolute Gasteiger partial charge is 0.463 e. The molecule has 0 spiro atoms. The molecule has 104 valence electrons. The monoisotopic (exact) mass is 260 g/mol. The van der Waals surface area contributed by atoms with Crippen molar-refractivity contribution in [3.8, 4) is 0 Å². The lowest BCUT2D eigenvalue weighted by atomic mass is 9.95. The highest BCUT2D eigenvalue weighted by Crippen LogP contribution is 2.17. The Morgan fingerprint density at radius 2 is 1.50 bits per heavy atom. The van der Waals surface area contributed by atoms with Crippen molar-refractivity contribution in [2.45, 2.75) is 58.8 Å². The number of Topliss-reactive ketones (excluding diaryl/α,β-unsaturated/α-hetero) is 1. The van der Waals surface area contributed by atoms with E-state index in [-0.39, 0.29) is 0 Å². The number of ketones is 1. The Hall–Kier alpha value is -1.43. The van der Waals surface area contributed by atoms with Crippen LogP contribution in [0.5, 0.6) is 0 Å². The number of hydrogen-bond donors (Lipinski definition) is 1. The molecule has 0 saturated carbocycles. The van der Waals surface area contributed by atoms with Crippen molar-refractivity contribution in [3.05, 3.63) is 0 Å². The van der Waals surface area contributed by atoms with E-state index in [4.69, 9.17) is 9.47 Å². The van der Waals surface area contributed by atoms with Crippen molar-refractivity contribution in [3.63, 3.8) is 0 Å². The summed E-state index contributed by atoms with van der Waals surface area (Å²) in [6.45, 7) is 7.41. The summed E-state index contributed by atoms with van der Waals surface area (Å²) in [7, 11) is 0. The molecule has 1 N–H and O–H groups in total. The van der Waals surface area contributed by atoms with Gasteiger partial charge < -0.3 is 14.6 Å². The van der Waals surface area contributed by atoms with Crippen LogP contribution in [-0.2, 0) is 23.9 Å². The van der Waals surface area contributed by atoms with Gasteiger partial charge in [-0.1, -0.05) is 0 Å². The average Bonchev–Trinajstić information content (AvgIpc) is 2.14. The van der Waals surface area contributed by atoms with Crippen molar-refractivity contribution in [1.29, 1.82) is 0 Å². The van der Waals surface area contributed by atoms with Crippen LogP contribution in [0.2, 0.25) is 0 Å². The van der Waals surface area contributed by atoms with Crippen LogP contribution < -0.4 is 0 Å². The van der Waals surface area contributed by atoms with Gasteiger partial charge in [0.15, 0.2) is 5.78 Å². The first kappa shape index (κ1) is 16.6. The van der Waals surface area contributed by atoms with E-state index in [0.717, 1.165) is 6.92 Å². The van der Waals surface area contributed by atoms with Crippen LogP contribution >= 0.6 is 0 Å². The maximum absolute atomic E-state index is 11.6. The third-order valence-electron chi connectivity index (χ3n) is 2.03. The number of hydrogen-bond acceptors (Lipinski definition) is 6. The standard InChI is InChI=1S/C12H20O6/c1-7(2)17-10(14)6-12(16,9(5)13)11(15)18-8(3)4/h7-8,16H,6H2,1-5H3. The number of carbonyl (C=O) groups excluding carboxylic acids is 3. The Morgan fingerprint density at radius 1 is 1.06 bits per heavy atom. The highest BCUT2D eigenvalue weighted by molar-refractivity contribution is 6.08. The molecular weight excluding hydrogens is 240 g/mol. The molecule has 0 radical (unpaired) electrons. The molecule has 0 aromatic carbocycles. The van der Waals surface area contributed by atoms with Gasteiger partial charge in [-0.3, -0.25) is 9.59 Å². The van der Waals surface area contributed by atoms with Crippen molar-refractivity contribution in [1.82, 2.24) is 0 Å². The van der Waals surface area contributed by atoms with Crippen LogP contribution in [0.1, 0.15) is 41.0 Å². The predicted molar refractivity (Wildman–Crippen MR) is 62.7 cm³/mol. The van der Waals surface area contributed by atoms with Gasteiger partial charge in [0.2, 0.25) is 5.60 Å². The molecule has 0 aliphatic carbocycles. The van der Waals surface area contributed by atoms with E-state index in [1.807, 2.05) is 0 Å². The summed E-state index contributed by atoms with van der Waals surface area (Å²) in [5.74, 6) is -2.82. The molecule has 6 nitrogen and oxygen atoms in total. The summed E-state index contributed by atoms with van der Waals surface area (Å²) < 4.78 is 9.56. The Kier molecular flexibility index (Phi) is 5.97. The minimum absolute atomic E-state index is 0.394. The summed E-state index contributed by atoms with van der Waals surface area (Å²) >= 11 is 0. The van der Waals surface area contributed by atoms with Gasteiger partial charge in [0.25, 0.3) is 0 Å². The molecule has 0 aromatic rings. The molecule has 0 aromatic heterocycles. The highest BCUT2D eigenvalue weighted by Gasteiger charge is 2.45. The molecule has 1 atom stereocenters. The summed E-state index contributed by atoms with van der Waals surface area (Å²) in [6.07, 6.45) is -1.63. The Balaban J connectivity index is 4.88. The predicted octanol–water partition coefficient (Wildman–Crippen LogP) is 0.600. The van der Waals surface area contributed by atoms with E-state index in [9.17, 15) is 19.5 Å². The molecule has 0 saturated heterocycles. The lowest BCUT2D eigenvalue weighted by Crippen LogP contribution is -2.49. The van der Waals surface area contributed by atoms with E-state index in [0.29, 0.717) is 0 Å². The normalized spacial score (nSPS) is 14.2. The maximum atomic E-state index is 11.6. The van der Waals surface area contributed by atoms with Gasteiger partial charge in [0.1, 0.15) is 0 Å². The zero-order chi connectivity index (χ0) is 14.5. The van der Waals surface area contributed by atoms with Crippen LogP contribution in [0.25, 0.3) is 0 Å². The topological polar surface area (TPSA) is 89.9 Å². The van der Waals surface area contributed by atoms with Gasteiger partial charge >= 0.3 is 11.9 Å². The van der Waals surface area contributed by atoms with Crippen molar-refractivity contribution in [2.24, 2.45) is 0 Å². The third-order valence-corrected chi connectivity index (χ3v) is 2.03. The van der Waals surface area contributed by atoms with Crippen LogP contribution in [0, 0.1) is 0 Å². The van der Waals surface area contributed by atoms with E-state index in [2.05, 4.69) is 0 Å². The third kappa shape index (κ3) is 4.83. The van der Waals surface area contributed by atoms with E-state index in [1.54, 1.807) is 27.7 Å². The Bertz CT molecular complexity index is 333. The Labute approximate surface area is 106 Å². The smallest absolute Gasteiger partial charge is 0.346 e. The van der Waals surface area contributed by atoms with Gasteiger partial charge in [0, 0.05) is 0 Å². The fourth-order valence-electron chi connectivity index (χ4n) is 1.17. The molecule has 18 heavy (non-hydrogen) atoms. The Morgan fingerprint density at radius 3 is 1.83 bits per heavy atom. The minimum Gasteiger partial charge on any atom is -0.463 e. The molecule has 0 amide bonds. The van der Waals surface area contributed by atoms with Crippen LogP contribution in [0.3, 0.4) is 0 Å². The first-order chi connectivity index (χ1) is 8.09. The van der Waals surface area contributed by atoms with Gasteiger partial charge in [0.05, 0.1) is 18.6 Å². The van der Waals surface area contributed by atoms with Gasteiger partial charge in [-0.15, -0.1) is 0 Å². The molecule has 0 rings (SSSR count). The lowest BCUT2D eigenvalue weighted by Gasteiger charge is -2.23. The van der Waals surface area contributed by atoms with Crippen LogP contribution in [0.15, 0.2) is 0 Å². The zero-order valence-electron chi connectivity index (χ0n) is 11.4. The highest BCUT2D eigenvalue weighted by atomic mass is 16.6. The second-order valence-electron chi connectivity index (χ2n) is 4.59. The quantitative estimate of drug-likeness (QED) is 0.555. The number of carbonyl (C=O) groups is 3. The molecule has 1 unspecified atom stereocenters. The number of esters is 2. The molecule has 0 aliphatic heterocycles. The number of rotatable bonds is 6. The first-order valence-electron chi connectivity index (χ1n) is 5.73. The maximum Gasteiger partial charge on any atom is 0.346 e. The summed E-state index contributed by atoms with van der Waals surface area (Å²) in [6, 6.07) is 0. The first-order valence-corrected chi connectivity index (χ1v) is 5.73. The van der Waals surface area contributed by atoms with Crippen molar-refractivity contribution in [2.75, 3.05) is 0 Å². The number of aliphatic hydroxyl groups is 1. The fourth-order valence-corrected chi connectivity index (χ4v) is 1.17. The lowest BCUT2D eigenvalue weighted by molar-refractivity contribution is -0.179. The summed E-state index contributed by atoms with van der Waals surface area (Å²) in [5.41, 5.74) is -2.48. The van der Waals surface area contributed by atoms with Crippen LogP contribution in [0.4, 0.5) is 0 Å². The molecule has 0 fully saturated rings. The second kappa shape index (κ2) is 6.49. The number of ether oxygens (including phenoxy) is 2. The molecule has 0 aliphatic rings. The van der Waals surface area contributed by atoms with Crippen LogP contribution in [-0.4, -0.2) is 40.6 Å². The molecule has 6 heteroatoms. The fraction of sp³-hybridized carbons (Fsp3) is 0.750.